The van der Waals surface area contributed by atoms with Gasteiger partial charge < -0.3 is 24.5 Å². The summed E-state index contributed by atoms with van der Waals surface area (Å²) >= 11 is 0. The molecular weight excluding hydrogens is 482 g/mol. The predicted molar refractivity (Wildman–Crippen MR) is 143 cm³/mol. The molecule has 5 atom stereocenters. The number of hydrogen-bond acceptors (Lipinski definition) is 5. The van der Waals surface area contributed by atoms with Gasteiger partial charge in [-0.15, -0.1) is 0 Å². The lowest BCUT2D eigenvalue weighted by atomic mass is 9.74. The number of aliphatic hydroxyl groups is 1. The van der Waals surface area contributed by atoms with Crippen molar-refractivity contribution in [1.82, 2.24) is 9.80 Å². The number of carbonyl (C=O) groups excluding carboxylic acids is 3. The monoisotopic (exact) mass is 515 g/mol. The second kappa shape index (κ2) is 9.06. The second-order valence-electron chi connectivity index (χ2n) is 10.8. The fourth-order valence-corrected chi connectivity index (χ4v) is 6.97. The standard InChI is InChI=1S/C30H33N3O5/c1-3-14-31-15-6-12-29(2)23(26(31)35)24-27(36)33(17-18-34)25-28(37)32(16-7-13-30(24,25)38-29)22-11-10-20-8-4-5-9-21(20)19-22/h4-13,19,23-25,34H,3,14-18H2,1-2H3/t23-,24-,25?,29+,30-/m0/s1. The molecule has 0 saturated carbocycles. The Balaban J connectivity index is 1.46. The highest BCUT2D eigenvalue weighted by Crippen LogP contribution is 2.57. The number of aliphatic hydroxyl groups excluding tert-OH is 1. The van der Waals surface area contributed by atoms with Gasteiger partial charge in [-0.1, -0.05) is 61.6 Å². The van der Waals surface area contributed by atoms with E-state index in [9.17, 15) is 19.5 Å². The van der Waals surface area contributed by atoms with Gasteiger partial charge in [0.1, 0.15) is 11.6 Å². The normalized spacial score (nSPS) is 32.4. The van der Waals surface area contributed by atoms with Crippen molar-refractivity contribution in [1.29, 1.82) is 0 Å². The van der Waals surface area contributed by atoms with Gasteiger partial charge >= 0.3 is 0 Å². The van der Waals surface area contributed by atoms with Gasteiger partial charge in [0.2, 0.25) is 11.8 Å². The maximum Gasteiger partial charge on any atom is 0.253 e. The lowest BCUT2D eigenvalue weighted by Crippen LogP contribution is -2.56. The Labute approximate surface area is 222 Å². The first-order valence-electron chi connectivity index (χ1n) is 13.4. The van der Waals surface area contributed by atoms with Crippen molar-refractivity contribution in [3.05, 3.63) is 66.8 Å². The van der Waals surface area contributed by atoms with Crippen molar-refractivity contribution in [3.63, 3.8) is 0 Å². The summed E-state index contributed by atoms with van der Waals surface area (Å²) in [6, 6.07) is 12.8. The Morgan fingerprint density at radius 3 is 2.45 bits per heavy atom. The van der Waals surface area contributed by atoms with Crippen LogP contribution < -0.4 is 4.90 Å². The SMILES string of the molecule is CCCN1CC=C[C@@]2(C)O[C@]34C=CCN(c5ccc6ccccc6c5)C(=O)C3N(CCO)C(=O)[C@@H]4[C@H]2C1=O. The maximum atomic E-state index is 14.4. The quantitative estimate of drug-likeness (QED) is 0.618. The number of ether oxygens (including phenoxy) is 1. The van der Waals surface area contributed by atoms with Crippen molar-refractivity contribution in [2.45, 2.75) is 37.5 Å². The molecule has 0 bridgehead atoms. The van der Waals surface area contributed by atoms with Crippen LogP contribution in [-0.2, 0) is 19.1 Å². The number of fused-ring (bicyclic) bond motifs is 3. The van der Waals surface area contributed by atoms with Crippen molar-refractivity contribution in [2.75, 3.05) is 37.7 Å². The highest BCUT2D eigenvalue weighted by Gasteiger charge is 2.74. The van der Waals surface area contributed by atoms with Crippen molar-refractivity contribution >= 4 is 34.2 Å². The van der Waals surface area contributed by atoms with E-state index in [0.717, 1.165) is 22.9 Å². The van der Waals surface area contributed by atoms with E-state index >= 15 is 0 Å². The molecule has 3 amide bonds. The first kappa shape index (κ1) is 24.8. The molecule has 8 heteroatoms. The van der Waals surface area contributed by atoms with Gasteiger partial charge in [-0.2, -0.15) is 0 Å². The minimum absolute atomic E-state index is 0.0115. The molecule has 0 aromatic heterocycles. The van der Waals surface area contributed by atoms with Crippen LogP contribution in [-0.4, -0.2) is 82.7 Å². The van der Waals surface area contributed by atoms with E-state index in [0.29, 0.717) is 19.6 Å². The predicted octanol–water partition coefficient (Wildman–Crippen LogP) is 2.51. The number of hydrogen-bond donors (Lipinski definition) is 1. The summed E-state index contributed by atoms with van der Waals surface area (Å²) in [5, 5.41) is 12.0. The zero-order valence-electron chi connectivity index (χ0n) is 21.7. The second-order valence-corrected chi connectivity index (χ2v) is 10.8. The third-order valence-corrected chi connectivity index (χ3v) is 8.52. The first-order chi connectivity index (χ1) is 18.3. The minimum Gasteiger partial charge on any atom is -0.395 e. The molecule has 0 aliphatic carbocycles. The van der Waals surface area contributed by atoms with E-state index in [1.165, 1.54) is 4.90 Å². The number of rotatable bonds is 5. The Morgan fingerprint density at radius 1 is 0.921 bits per heavy atom. The zero-order chi connectivity index (χ0) is 26.7. The summed E-state index contributed by atoms with van der Waals surface area (Å²) in [5.74, 6) is -2.37. The highest BCUT2D eigenvalue weighted by atomic mass is 16.5. The van der Waals surface area contributed by atoms with Gasteiger partial charge in [0.25, 0.3) is 5.91 Å². The first-order valence-corrected chi connectivity index (χ1v) is 13.4. The smallest absolute Gasteiger partial charge is 0.253 e. The number of likely N-dealkylation sites (tertiary alicyclic amines) is 1. The number of β-amino-alcohol motifs (C(OH)–C–C–N with tert-alkyl or cyclic N) is 1. The average Bonchev–Trinajstić information content (AvgIpc) is 3.17. The van der Waals surface area contributed by atoms with Gasteiger partial charge in [-0.25, -0.2) is 0 Å². The van der Waals surface area contributed by atoms with Crippen molar-refractivity contribution < 1.29 is 24.2 Å². The Hall–Kier alpha value is -3.49. The zero-order valence-corrected chi connectivity index (χ0v) is 21.7. The molecule has 38 heavy (non-hydrogen) atoms. The van der Waals surface area contributed by atoms with E-state index in [-0.39, 0.29) is 30.9 Å². The molecule has 1 unspecified atom stereocenters. The van der Waals surface area contributed by atoms with Gasteiger partial charge in [-0.3, -0.25) is 14.4 Å². The third kappa shape index (κ3) is 3.47. The van der Waals surface area contributed by atoms with Crippen molar-refractivity contribution in [2.24, 2.45) is 11.8 Å². The van der Waals surface area contributed by atoms with Crippen LogP contribution in [0, 0.1) is 11.8 Å². The van der Waals surface area contributed by atoms with E-state index in [1.54, 1.807) is 9.80 Å². The van der Waals surface area contributed by atoms with Crippen LogP contribution in [0.1, 0.15) is 20.3 Å². The number of carbonyl (C=O) groups is 3. The van der Waals surface area contributed by atoms with E-state index in [4.69, 9.17) is 4.74 Å². The van der Waals surface area contributed by atoms with Crippen LogP contribution in [0.15, 0.2) is 66.8 Å². The lowest BCUT2D eigenvalue weighted by molar-refractivity contribution is -0.148. The molecule has 4 aliphatic heterocycles. The van der Waals surface area contributed by atoms with Crippen LogP contribution in [0.2, 0.25) is 0 Å². The minimum atomic E-state index is -1.32. The van der Waals surface area contributed by atoms with E-state index < -0.39 is 29.1 Å². The molecule has 1 spiro atoms. The summed E-state index contributed by atoms with van der Waals surface area (Å²) in [7, 11) is 0. The topological polar surface area (TPSA) is 90.4 Å². The fourth-order valence-electron chi connectivity index (χ4n) is 6.97. The number of amides is 3. The third-order valence-electron chi connectivity index (χ3n) is 8.52. The molecule has 6 rings (SSSR count). The Bertz CT molecular complexity index is 1370. The molecule has 4 aliphatic rings. The molecule has 2 aromatic carbocycles. The molecule has 1 N–H and O–H groups in total. The maximum absolute atomic E-state index is 14.4. The van der Waals surface area contributed by atoms with Gasteiger partial charge in [0.05, 0.1) is 24.0 Å². The summed E-state index contributed by atoms with van der Waals surface area (Å²) in [6.07, 6.45) is 8.33. The summed E-state index contributed by atoms with van der Waals surface area (Å²) in [5.41, 5.74) is -1.63. The fraction of sp³-hybridized carbons (Fsp3) is 0.433. The molecule has 2 aromatic rings. The summed E-state index contributed by atoms with van der Waals surface area (Å²) < 4.78 is 6.78. The van der Waals surface area contributed by atoms with Crippen LogP contribution >= 0.6 is 0 Å². The van der Waals surface area contributed by atoms with Crippen LogP contribution in [0.5, 0.6) is 0 Å². The largest absolute Gasteiger partial charge is 0.395 e. The molecule has 2 saturated heterocycles. The number of anilines is 1. The molecule has 8 nitrogen and oxygen atoms in total. The molecular formula is C30H33N3O5. The summed E-state index contributed by atoms with van der Waals surface area (Å²) in [4.78, 5) is 47.2. The molecule has 198 valence electrons. The van der Waals surface area contributed by atoms with E-state index in [2.05, 4.69) is 0 Å². The van der Waals surface area contributed by atoms with Crippen molar-refractivity contribution in [3.8, 4) is 0 Å². The average molecular weight is 516 g/mol. The Morgan fingerprint density at radius 2 is 1.68 bits per heavy atom. The Kier molecular flexibility index (Phi) is 5.92. The number of nitrogens with zero attached hydrogens (tertiary/aromatic N) is 3. The molecule has 2 fully saturated rings. The lowest BCUT2D eigenvalue weighted by Gasteiger charge is -2.37. The number of benzene rings is 2. The van der Waals surface area contributed by atoms with Gasteiger partial charge in [0.15, 0.2) is 0 Å². The van der Waals surface area contributed by atoms with Crippen LogP contribution in [0.25, 0.3) is 10.8 Å². The van der Waals surface area contributed by atoms with Crippen LogP contribution in [0.4, 0.5) is 5.69 Å². The van der Waals surface area contributed by atoms with Gasteiger partial charge in [-0.05, 0) is 36.2 Å². The highest BCUT2D eigenvalue weighted by molar-refractivity contribution is 6.06. The molecule has 4 heterocycles. The summed E-state index contributed by atoms with van der Waals surface area (Å²) in [6.45, 7) is 4.90. The van der Waals surface area contributed by atoms with E-state index in [1.807, 2.05) is 80.6 Å². The van der Waals surface area contributed by atoms with Crippen LogP contribution in [0.3, 0.4) is 0 Å². The molecule has 0 radical (unpaired) electrons. The van der Waals surface area contributed by atoms with Gasteiger partial charge in [0, 0.05) is 31.9 Å².